The fourth-order valence-corrected chi connectivity index (χ4v) is 4.94. The Morgan fingerprint density at radius 2 is 1.92 bits per heavy atom. The molecule has 0 spiro atoms. The molecular weight excluding hydrogens is 496 g/mol. The van der Waals surface area contributed by atoms with Gasteiger partial charge in [0.1, 0.15) is 23.5 Å². The van der Waals surface area contributed by atoms with Gasteiger partial charge in [0.2, 0.25) is 11.8 Å². The van der Waals surface area contributed by atoms with E-state index in [1.165, 1.54) is 0 Å². The molecule has 0 bridgehead atoms. The van der Waals surface area contributed by atoms with Gasteiger partial charge in [-0.3, -0.25) is 9.59 Å². The number of nitrogens with zero attached hydrogens (tertiary/aromatic N) is 2. The first-order valence-corrected chi connectivity index (χ1v) is 13.4. The molecule has 1 aliphatic rings. The molecule has 9 heteroatoms. The van der Waals surface area contributed by atoms with Crippen LogP contribution in [0.1, 0.15) is 54.7 Å². The number of likely N-dealkylation sites (tertiary alicyclic amines) is 1. The van der Waals surface area contributed by atoms with Gasteiger partial charge in [0.25, 0.3) is 0 Å². The summed E-state index contributed by atoms with van der Waals surface area (Å²) < 4.78 is 11.6. The molecule has 1 saturated heterocycles. The first kappa shape index (κ1) is 28.3. The number of amides is 2. The number of ether oxygens (including phenoxy) is 2. The van der Waals surface area contributed by atoms with E-state index in [4.69, 9.17) is 9.47 Å². The first-order chi connectivity index (χ1) is 18.9. The number of aliphatic hydroxyl groups excluding tert-OH is 1. The molecule has 4 rings (SSSR count). The third-order valence-corrected chi connectivity index (χ3v) is 7.24. The van der Waals surface area contributed by atoms with Crippen molar-refractivity contribution >= 4 is 11.8 Å². The second-order valence-corrected chi connectivity index (χ2v) is 10.0. The zero-order valence-electron chi connectivity index (χ0n) is 22.9. The second-order valence-electron chi connectivity index (χ2n) is 10.0. The van der Waals surface area contributed by atoms with Crippen LogP contribution in [0, 0.1) is 6.92 Å². The highest BCUT2D eigenvalue weighted by molar-refractivity contribution is 5.89. The Kier molecular flexibility index (Phi) is 9.37. The first-order valence-electron chi connectivity index (χ1n) is 13.4. The third-order valence-electron chi connectivity index (χ3n) is 7.24. The minimum Gasteiger partial charge on any atom is -0.497 e. The highest BCUT2D eigenvalue weighted by Gasteiger charge is 2.50. The summed E-state index contributed by atoms with van der Waals surface area (Å²) in [6.45, 7) is 5.43. The second kappa shape index (κ2) is 12.9. The van der Waals surface area contributed by atoms with Crippen molar-refractivity contribution in [1.29, 1.82) is 0 Å². The summed E-state index contributed by atoms with van der Waals surface area (Å²) in [5, 5.41) is 14.1. The minimum absolute atomic E-state index is 0.136. The standard InChI is InChI=1S/C30H38N4O5/c1-4-5-16-39-30(25-9-7-6-8-21(25)2)18-34(19-30)29(37)27(28(36)22-10-13-24(38-3)14-11-22)33-26(35)15-12-23-17-31-20-32-23/h6-11,13-14,17,20,27-28,36H,4-5,12,15-16,18-19H2,1-3H3,(H,31,32)(H,33,35). The number of hydrogen-bond acceptors (Lipinski definition) is 6. The van der Waals surface area contributed by atoms with Gasteiger partial charge in [-0.1, -0.05) is 49.7 Å². The molecule has 0 aliphatic carbocycles. The largest absolute Gasteiger partial charge is 0.497 e. The summed E-state index contributed by atoms with van der Waals surface area (Å²) in [6.07, 6.45) is 4.52. The highest BCUT2D eigenvalue weighted by atomic mass is 16.5. The number of imidazole rings is 1. The molecule has 1 fully saturated rings. The Morgan fingerprint density at radius 1 is 1.18 bits per heavy atom. The predicted molar refractivity (Wildman–Crippen MR) is 147 cm³/mol. The van der Waals surface area contributed by atoms with E-state index in [1.54, 1.807) is 48.8 Å². The number of methoxy groups -OCH3 is 1. The quantitative estimate of drug-likeness (QED) is 0.289. The SMILES string of the molecule is CCCCOC1(c2ccccc2C)CN(C(=O)C(NC(=O)CCc2c[nH]cn2)C(O)c2ccc(OC)cc2)C1. The molecule has 2 atom stereocenters. The van der Waals surface area contributed by atoms with Gasteiger partial charge < -0.3 is 29.8 Å². The van der Waals surface area contributed by atoms with Crippen LogP contribution in [-0.2, 0) is 26.3 Å². The van der Waals surface area contributed by atoms with Gasteiger partial charge in [-0.05, 0) is 48.6 Å². The number of H-pyrrole nitrogens is 1. The molecular formula is C30H38N4O5. The molecule has 2 heterocycles. The molecule has 39 heavy (non-hydrogen) atoms. The minimum atomic E-state index is -1.24. The number of rotatable bonds is 13. The van der Waals surface area contributed by atoms with Crippen LogP contribution in [0.25, 0.3) is 0 Å². The highest BCUT2D eigenvalue weighted by Crippen LogP contribution is 2.39. The Morgan fingerprint density at radius 3 is 2.56 bits per heavy atom. The van der Waals surface area contributed by atoms with Crippen molar-refractivity contribution in [1.82, 2.24) is 20.2 Å². The summed E-state index contributed by atoms with van der Waals surface area (Å²) in [5.41, 5.74) is 2.80. The third kappa shape index (κ3) is 6.66. The summed E-state index contributed by atoms with van der Waals surface area (Å²) in [6, 6.07) is 13.7. The van der Waals surface area contributed by atoms with Crippen molar-refractivity contribution < 1.29 is 24.2 Å². The molecule has 2 unspecified atom stereocenters. The number of hydrogen-bond donors (Lipinski definition) is 3. The number of benzene rings is 2. The predicted octanol–water partition coefficient (Wildman–Crippen LogP) is 3.43. The van der Waals surface area contributed by atoms with Crippen molar-refractivity contribution in [3.05, 3.63) is 83.4 Å². The lowest BCUT2D eigenvalue weighted by atomic mass is 9.82. The van der Waals surface area contributed by atoms with Crippen molar-refractivity contribution in [2.45, 2.75) is 57.3 Å². The van der Waals surface area contributed by atoms with Gasteiger partial charge in [-0.15, -0.1) is 0 Å². The van der Waals surface area contributed by atoms with Crippen molar-refractivity contribution in [3.63, 3.8) is 0 Å². The molecule has 2 aromatic carbocycles. The fourth-order valence-electron chi connectivity index (χ4n) is 4.94. The number of aryl methyl sites for hydroxylation is 2. The zero-order valence-corrected chi connectivity index (χ0v) is 22.9. The normalized spacial score (nSPS) is 15.7. The molecule has 3 aromatic rings. The summed E-state index contributed by atoms with van der Waals surface area (Å²) in [5.74, 6) is -0.0598. The maximum Gasteiger partial charge on any atom is 0.248 e. The van der Waals surface area contributed by atoms with Gasteiger partial charge in [0.15, 0.2) is 0 Å². The molecule has 2 amide bonds. The van der Waals surface area contributed by atoms with E-state index in [2.05, 4.69) is 22.2 Å². The van der Waals surface area contributed by atoms with Crippen LogP contribution in [0.5, 0.6) is 5.75 Å². The monoisotopic (exact) mass is 534 g/mol. The number of aromatic nitrogens is 2. The number of nitrogens with one attached hydrogen (secondary N) is 2. The molecule has 0 radical (unpaired) electrons. The van der Waals surface area contributed by atoms with E-state index in [-0.39, 0.29) is 18.2 Å². The van der Waals surface area contributed by atoms with Crippen LogP contribution in [0.3, 0.4) is 0 Å². The molecule has 9 nitrogen and oxygen atoms in total. The van der Waals surface area contributed by atoms with Crippen LogP contribution in [0.2, 0.25) is 0 Å². The van der Waals surface area contributed by atoms with E-state index >= 15 is 0 Å². The maximum atomic E-state index is 13.8. The maximum absolute atomic E-state index is 13.8. The summed E-state index contributed by atoms with van der Waals surface area (Å²) in [7, 11) is 1.56. The Labute approximate surface area is 229 Å². The van der Waals surface area contributed by atoms with Gasteiger partial charge in [-0.2, -0.15) is 0 Å². The smallest absolute Gasteiger partial charge is 0.248 e. The number of aliphatic hydroxyl groups is 1. The Balaban J connectivity index is 1.53. The number of aromatic amines is 1. The fraction of sp³-hybridized carbons (Fsp3) is 0.433. The average Bonchev–Trinajstić information content (AvgIpc) is 3.46. The van der Waals surface area contributed by atoms with Crippen LogP contribution >= 0.6 is 0 Å². The van der Waals surface area contributed by atoms with E-state index in [0.29, 0.717) is 37.4 Å². The lowest BCUT2D eigenvalue weighted by molar-refractivity contribution is -0.177. The lowest BCUT2D eigenvalue weighted by Gasteiger charge is -2.51. The van der Waals surface area contributed by atoms with Crippen LogP contribution < -0.4 is 10.1 Å². The van der Waals surface area contributed by atoms with Gasteiger partial charge in [-0.25, -0.2) is 4.98 Å². The lowest BCUT2D eigenvalue weighted by Crippen LogP contribution is -2.66. The average molecular weight is 535 g/mol. The Bertz CT molecular complexity index is 1220. The molecule has 1 aromatic heterocycles. The van der Waals surface area contributed by atoms with Crippen molar-refractivity contribution in [3.8, 4) is 5.75 Å². The van der Waals surface area contributed by atoms with E-state index < -0.39 is 17.7 Å². The van der Waals surface area contributed by atoms with Gasteiger partial charge >= 0.3 is 0 Å². The van der Waals surface area contributed by atoms with E-state index in [1.807, 2.05) is 31.2 Å². The number of carbonyl (C=O) groups is 2. The van der Waals surface area contributed by atoms with Gasteiger partial charge in [0, 0.05) is 19.2 Å². The van der Waals surface area contributed by atoms with Crippen LogP contribution in [0.15, 0.2) is 61.1 Å². The molecule has 1 aliphatic heterocycles. The molecule has 3 N–H and O–H groups in total. The molecule has 0 saturated carbocycles. The topological polar surface area (TPSA) is 117 Å². The van der Waals surface area contributed by atoms with Gasteiger partial charge in [0.05, 0.1) is 32.2 Å². The number of unbranched alkanes of at least 4 members (excludes halogenated alkanes) is 1. The van der Waals surface area contributed by atoms with Crippen LogP contribution in [-0.4, -0.2) is 64.6 Å². The summed E-state index contributed by atoms with van der Waals surface area (Å²) >= 11 is 0. The number of carbonyl (C=O) groups excluding carboxylic acids is 2. The zero-order chi connectivity index (χ0) is 27.8. The Hall–Kier alpha value is -3.69. The van der Waals surface area contributed by atoms with Crippen molar-refractivity contribution in [2.75, 3.05) is 26.8 Å². The van der Waals surface area contributed by atoms with Crippen LogP contribution in [0.4, 0.5) is 0 Å². The molecule has 208 valence electrons. The summed E-state index contributed by atoms with van der Waals surface area (Å²) in [4.78, 5) is 35.4. The van der Waals surface area contributed by atoms with E-state index in [9.17, 15) is 14.7 Å². The van der Waals surface area contributed by atoms with E-state index in [0.717, 1.165) is 29.7 Å². The van der Waals surface area contributed by atoms with Crippen molar-refractivity contribution in [2.24, 2.45) is 0 Å².